The van der Waals surface area contributed by atoms with E-state index in [1.165, 1.54) is 18.2 Å². The largest absolute Gasteiger partial charge is 0.490 e. The molecule has 0 aliphatic carbocycles. The first-order valence-electron chi connectivity index (χ1n) is 14.0. The summed E-state index contributed by atoms with van der Waals surface area (Å²) in [6.07, 6.45) is 1.46. The molecule has 0 unspecified atom stereocenters. The number of carbonyl (C=O) groups is 3. The van der Waals surface area contributed by atoms with Gasteiger partial charge in [-0.2, -0.15) is 0 Å². The second-order valence-electron chi connectivity index (χ2n) is 9.84. The van der Waals surface area contributed by atoms with Crippen molar-refractivity contribution in [3.8, 4) is 17.2 Å². The Morgan fingerprint density at radius 2 is 1.74 bits per heavy atom. The zero-order valence-electron chi connectivity index (χ0n) is 24.4. The third-order valence-corrected chi connectivity index (χ3v) is 7.75. The number of benzene rings is 3. The molecule has 2 heterocycles. The molecule has 0 aromatic heterocycles. The molecule has 2 aliphatic rings. The van der Waals surface area contributed by atoms with Crippen molar-refractivity contribution in [3.05, 3.63) is 91.4 Å². The van der Waals surface area contributed by atoms with Gasteiger partial charge in [-0.25, -0.2) is 0 Å². The molecule has 3 aromatic carbocycles. The van der Waals surface area contributed by atoms with Crippen LogP contribution in [0.5, 0.6) is 17.2 Å². The summed E-state index contributed by atoms with van der Waals surface area (Å²) in [6, 6.07) is 14.8. The number of hydrogen-bond acceptors (Lipinski definition) is 12. The van der Waals surface area contributed by atoms with Crippen LogP contribution in [0.3, 0.4) is 0 Å². The number of nitrogens with one attached hydrogen (secondary N) is 1. The number of non-ortho nitro benzene ring substituents is 1. The Bertz CT molecular complexity index is 1740. The Hall–Kier alpha value is -5.48. The Morgan fingerprint density at radius 3 is 2.46 bits per heavy atom. The summed E-state index contributed by atoms with van der Waals surface area (Å²) in [5.41, 5.74) is 0.741. The molecule has 0 spiro atoms. The normalized spacial score (nSPS) is 15.6. The van der Waals surface area contributed by atoms with E-state index in [0.29, 0.717) is 49.3 Å². The molecule has 46 heavy (non-hydrogen) atoms. The van der Waals surface area contributed by atoms with Crippen molar-refractivity contribution in [2.75, 3.05) is 49.7 Å². The van der Waals surface area contributed by atoms with E-state index in [9.17, 15) is 34.6 Å². The van der Waals surface area contributed by atoms with Gasteiger partial charge in [0, 0.05) is 19.2 Å². The zero-order chi connectivity index (χ0) is 32.8. The highest BCUT2D eigenvalue weighted by Crippen LogP contribution is 2.40. The molecular weight excluding hydrogens is 622 g/mol. The summed E-state index contributed by atoms with van der Waals surface area (Å²) in [6.45, 7) is 3.88. The number of hydrogen-bond donors (Lipinski definition) is 1. The van der Waals surface area contributed by atoms with Crippen LogP contribution < -0.4 is 19.7 Å². The van der Waals surface area contributed by atoms with Crippen LogP contribution in [0.25, 0.3) is 6.08 Å². The van der Waals surface area contributed by atoms with Gasteiger partial charge in [0.05, 0.1) is 52.0 Å². The summed E-state index contributed by atoms with van der Waals surface area (Å²) in [7, 11) is 0. The molecule has 238 valence electrons. The maximum atomic E-state index is 13.2. The second-order valence-corrected chi connectivity index (χ2v) is 10.8. The lowest BCUT2D eigenvalue weighted by molar-refractivity contribution is -0.394. The Morgan fingerprint density at radius 1 is 1.00 bits per heavy atom. The molecule has 0 saturated carbocycles. The van der Waals surface area contributed by atoms with Crippen molar-refractivity contribution < 1.29 is 38.4 Å². The quantitative estimate of drug-likeness (QED) is 0.163. The molecule has 2 aliphatic heterocycles. The highest BCUT2D eigenvalue weighted by molar-refractivity contribution is 8.18. The fourth-order valence-electron chi connectivity index (χ4n) is 4.71. The minimum Gasteiger partial charge on any atom is -0.490 e. The topological polar surface area (TPSA) is 184 Å². The second kappa shape index (κ2) is 14.1. The van der Waals surface area contributed by atoms with Crippen LogP contribution in [0.2, 0.25) is 0 Å². The van der Waals surface area contributed by atoms with Crippen molar-refractivity contribution in [3.63, 3.8) is 0 Å². The summed E-state index contributed by atoms with van der Waals surface area (Å²) in [5, 5.41) is 24.8. The molecule has 16 heteroatoms. The van der Waals surface area contributed by atoms with Gasteiger partial charge in [0.15, 0.2) is 11.5 Å². The van der Waals surface area contributed by atoms with Gasteiger partial charge in [-0.15, -0.1) is 0 Å². The van der Waals surface area contributed by atoms with E-state index >= 15 is 0 Å². The number of imide groups is 1. The molecule has 5 rings (SSSR count). The Kier molecular flexibility index (Phi) is 9.78. The van der Waals surface area contributed by atoms with E-state index in [-0.39, 0.29) is 28.8 Å². The first kappa shape index (κ1) is 31.9. The predicted octanol–water partition coefficient (Wildman–Crippen LogP) is 5.21. The van der Waals surface area contributed by atoms with Crippen LogP contribution in [0, 0.1) is 20.2 Å². The number of thioether (sulfide) groups is 1. The minimum absolute atomic E-state index is 0.0774. The van der Waals surface area contributed by atoms with E-state index in [1.807, 2.05) is 12.1 Å². The first-order chi connectivity index (χ1) is 22.1. The van der Waals surface area contributed by atoms with Crippen LogP contribution in [-0.4, -0.2) is 71.3 Å². The van der Waals surface area contributed by atoms with Crippen molar-refractivity contribution in [1.82, 2.24) is 4.90 Å². The van der Waals surface area contributed by atoms with E-state index in [0.717, 1.165) is 28.8 Å². The van der Waals surface area contributed by atoms with Crippen molar-refractivity contribution in [2.45, 2.75) is 6.92 Å². The van der Waals surface area contributed by atoms with Gasteiger partial charge in [0.25, 0.3) is 16.8 Å². The number of amides is 3. The fraction of sp³-hybridized carbons (Fsp3) is 0.233. The third-order valence-electron chi connectivity index (χ3n) is 6.84. The van der Waals surface area contributed by atoms with Crippen molar-refractivity contribution >= 4 is 57.6 Å². The van der Waals surface area contributed by atoms with E-state index in [1.54, 1.807) is 25.1 Å². The van der Waals surface area contributed by atoms with Gasteiger partial charge >= 0.3 is 5.69 Å². The molecule has 0 atom stereocenters. The average molecular weight is 650 g/mol. The summed E-state index contributed by atoms with van der Waals surface area (Å²) >= 11 is 0.680. The molecule has 3 amide bonds. The summed E-state index contributed by atoms with van der Waals surface area (Å²) < 4.78 is 16.8. The van der Waals surface area contributed by atoms with Crippen molar-refractivity contribution in [1.29, 1.82) is 0 Å². The summed E-state index contributed by atoms with van der Waals surface area (Å²) in [4.78, 5) is 62.9. The first-order valence-corrected chi connectivity index (χ1v) is 14.8. The smallest absolute Gasteiger partial charge is 0.318 e. The predicted molar refractivity (Wildman–Crippen MR) is 168 cm³/mol. The summed E-state index contributed by atoms with van der Waals surface area (Å²) in [5.74, 6) is -1.17. The van der Waals surface area contributed by atoms with Crippen LogP contribution in [-0.2, 0) is 14.3 Å². The van der Waals surface area contributed by atoms with Gasteiger partial charge < -0.3 is 24.4 Å². The molecule has 2 saturated heterocycles. The van der Waals surface area contributed by atoms with Crippen LogP contribution in [0.15, 0.2) is 65.6 Å². The molecular formula is C30H27N5O10S. The number of nitro benzene ring substituents is 2. The Labute approximate surface area is 266 Å². The SMILES string of the molecule is CCOc1cc(/C=C2/SC(=O)N(CC(=O)Nc3ccccc3N3CCOCC3)C2=O)ccc1Oc1ccc([N+](=O)[O-])cc1[N+](=O)[O-]. The number of para-hydroxylation sites is 2. The molecule has 0 bridgehead atoms. The molecule has 3 aromatic rings. The number of nitro groups is 2. The molecule has 15 nitrogen and oxygen atoms in total. The molecule has 1 N–H and O–H groups in total. The van der Waals surface area contributed by atoms with Gasteiger partial charge in [-0.05, 0) is 60.7 Å². The number of anilines is 2. The lowest BCUT2D eigenvalue weighted by Gasteiger charge is -2.30. The fourth-order valence-corrected chi connectivity index (χ4v) is 5.55. The zero-order valence-corrected chi connectivity index (χ0v) is 25.2. The lowest BCUT2D eigenvalue weighted by Crippen LogP contribution is -2.38. The van der Waals surface area contributed by atoms with Crippen LogP contribution in [0.1, 0.15) is 12.5 Å². The highest BCUT2D eigenvalue weighted by Gasteiger charge is 2.36. The number of nitrogens with zero attached hydrogens (tertiary/aromatic N) is 4. The number of ether oxygens (including phenoxy) is 3. The maximum absolute atomic E-state index is 13.2. The Balaban J connectivity index is 1.31. The number of morpholine rings is 1. The van der Waals surface area contributed by atoms with Crippen LogP contribution >= 0.6 is 11.8 Å². The van der Waals surface area contributed by atoms with Gasteiger partial charge in [-0.3, -0.25) is 39.5 Å². The average Bonchev–Trinajstić information content (AvgIpc) is 3.30. The monoisotopic (exact) mass is 649 g/mol. The minimum atomic E-state index is -0.795. The third kappa shape index (κ3) is 7.24. The highest BCUT2D eigenvalue weighted by atomic mass is 32.2. The lowest BCUT2D eigenvalue weighted by atomic mass is 10.1. The molecule has 0 radical (unpaired) electrons. The van der Waals surface area contributed by atoms with Gasteiger partial charge in [-0.1, -0.05) is 18.2 Å². The van der Waals surface area contributed by atoms with Gasteiger partial charge in [0.1, 0.15) is 6.54 Å². The van der Waals surface area contributed by atoms with E-state index in [2.05, 4.69) is 10.2 Å². The number of rotatable bonds is 11. The maximum Gasteiger partial charge on any atom is 0.318 e. The van der Waals surface area contributed by atoms with E-state index < -0.39 is 44.8 Å². The van der Waals surface area contributed by atoms with Crippen molar-refractivity contribution in [2.24, 2.45) is 0 Å². The molecule has 2 fully saturated rings. The standard InChI is InChI=1S/C30H27N5O10S/c1-2-44-26-15-19(7-9-25(26)45-24-10-8-20(34(39)40)17-23(24)35(41)42)16-27-29(37)33(30(38)46-27)18-28(36)31-21-5-3-4-6-22(21)32-11-13-43-14-12-32/h3-10,15-17H,2,11-14,18H2,1H3,(H,31,36)/b27-16+. The van der Waals surface area contributed by atoms with Gasteiger partial charge in [0.2, 0.25) is 11.7 Å². The van der Waals surface area contributed by atoms with Crippen LogP contribution in [0.4, 0.5) is 27.5 Å². The number of carbonyl (C=O) groups excluding carboxylic acids is 3. The van der Waals surface area contributed by atoms with E-state index in [4.69, 9.17) is 14.2 Å².